The highest BCUT2D eigenvalue weighted by molar-refractivity contribution is 5.81. The van der Waals surface area contributed by atoms with Crippen LogP contribution >= 0.6 is 0 Å². The van der Waals surface area contributed by atoms with Crippen molar-refractivity contribution in [3.05, 3.63) is 0 Å². The zero-order chi connectivity index (χ0) is 14.1. The topological polar surface area (TPSA) is 74.0 Å². The van der Waals surface area contributed by atoms with Gasteiger partial charge in [0.1, 0.15) is 0 Å². The van der Waals surface area contributed by atoms with Crippen LogP contribution in [0.4, 0.5) is 0 Å². The summed E-state index contributed by atoms with van der Waals surface area (Å²) >= 11 is 0. The van der Waals surface area contributed by atoms with Crippen molar-refractivity contribution in [2.24, 2.45) is 11.7 Å². The molecule has 1 fully saturated rings. The van der Waals surface area contributed by atoms with E-state index in [-0.39, 0.29) is 11.8 Å². The fourth-order valence-electron chi connectivity index (χ4n) is 1.72. The molecule has 1 saturated heterocycles. The van der Waals surface area contributed by atoms with E-state index in [1.807, 2.05) is 13.8 Å². The average Bonchev–Trinajstić information content (AvgIpc) is 2.37. The molecule has 0 aliphatic carbocycles. The van der Waals surface area contributed by atoms with E-state index in [1.54, 1.807) is 4.90 Å². The normalized spacial score (nSPS) is 21.6. The van der Waals surface area contributed by atoms with Crippen molar-refractivity contribution < 1.29 is 19.0 Å². The summed E-state index contributed by atoms with van der Waals surface area (Å²) in [6, 6.07) is -0.462. The number of carbonyl (C=O) groups is 1. The standard InChI is InChI=1S/C13H26N2O4/c1-11(2)12(14)13(16)15-3-5-17-7-9-19-10-8-18-6-4-15/h11-12H,3-10,14H2,1-2H3. The lowest BCUT2D eigenvalue weighted by Gasteiger charge is -2.27. The van der Waals surface area contributed by atoms with E-state index in [9.17, 15) is 4.79 Å². The van der Waals surface area contributed by atoms with E-state index in [2.05, 4.69) is 0 Å². The lowest BCUT2D eigenvalue weighted by Crippen LogP contribution is -2.48. The van der Waals surface area contributed by atoms with Gasteiger partial charge in [-0.1, -0.05) is 13.8 Å². The molecule has 2 N–H and O–H groups in total. The number of amides is 1. The predicted octanol–water partition coefficient (Wildman–Crippen LogP) is -0.138. The predicted molar refractivity (Wildman–Crippen MR) is 71.9 cm³/mol. The van der Waals surface area contributed by atoms with Gasteiger partial charge >= 0.3 is 0 Å². The summed E-state index contributed by atoms with van der Waals surface area (Å²) in [7, 11) is 0. The first-order valence-electron chi connectivity index (χ1n) is 6.90. The van der Waals surface area contributed by atoms with E-state index >= 15 is 0 Å². The number of nitrogens with zero attached hydrogens (tertiary/aromatic N) is 1. The second kappa shape index (κ2) is 9.25. The summed E-state index contributed by atoms with van der Waals surface area (Å²) in [5.41, 5.74) is 5.91. The van der Waals surface area contributed by atoms with Crippen LogP contribution < -0.4 is 5.73 Å². The van der Waals surface area contributed by atoms with Crippen LogP contribution in [0.25, 0.3) is 0 Å². The largest absolute Gasteiger partial charge is 0.377 e. The molecular formula is C13H26N2O4. The van der Waals surface area contributed by atoms with Gasteiger partial charge in [-0.2, -0.15) is 0 Å². The Balaban J connectivity index is 2.48. The van der Waals surface area contributed by atoms with Gasteiger partial charge in [-0.25, -0.2) is 0 Å². The molecule has 1 atom stereocenters. The summed E-state index contributed by atoms with van der Waals surface area (Å²) < 4.78 is 16.2. The van der Waals surface area contributed by atoms with Crippen molar-refractivity contribution in [3.8, 4) is 0 Å². The number of hydrogen-bond donors (Lipinski definition) is 1. The molecule has 0 radical (unpaired) electrons. The van der Waals surface area contributed by atoms with Crippen molar-refractivity contribution in [1.29, 1.82) is 0 Å². The summed E-state index contributed by atoms with van der Waals surface area (Å²) in [4.78, 5) is 14.0. The van der Waals surface area contributed by atoms with Crippen LogP contribution in [0.5, 0.6) is 0 Å². The Labute approximate surface area is 115 Å². The molecular weight excluding hydrogens is 248 g/mol. The molecule has 0 aromatic carbocycles. The second-order valence-electron chi connectivity index (χ2n) is 4.93. The maximum absolute atomic E-state index is 12.2. The van der Waals surface area contributed by atoms with E-state index in [0.29, 0.717) is 52.7 Å². The van der Waals surface area contributed by atoms with E-state index in [4.69, 9.17) is 19.9 Å². The Kier molecular flexibility index (Phi) is 7.97. The highest BCUT2D eigenvalue weighted by Crippen LogP contribution is 2.04. The minimum absolute atomic E-state index is 0.0319. The zero-order valence-electron chi connectivity index (χ0n) is 12.0. The SMILES string of the molecule is CC(C)C(N)C(=O)N1CCOCCOCCOCC1. The summed E-state index contributed by atoms with van der Waals surface area (Å²) in [5.74, 6) is 0.0969. The number of carbonyl (C=O) groups excluding carboxylic acids is 1. The van der Waals surface area contributed by atoms with Crippen molar-refractivity contribution >= 4 is 5.91 Å². The molecule has 19 heavy (non-hydrogen) atoms. The van der Waals surface area contributed by atoms with Crippen LogP contribution in [0.3, 0.4) is 0 Å². The molecule has 1 amide bonds. The molecule has 0 spiro atoms. The van der Waals surface area contributed by atoms with Gasteiger partial charge < -0.3 is 24.8 Å². The van der Waals surface area contributed by atoms with Crippen LogP contribution in [0.2, 0.25) is 0 Å². The van der Waals surface area contributed by atoms with Gasteiger partial charge in [0.05, 0.1) is 45.7 Å². The van der Waals surface area contributed by atoms with Crippen LogP contribution in [-0.4, -0.2) is 69.6 Å². The maximum Gasteiger partial charge on any atom is 0.239 e. The van der Waals surface area contributed by atoms with Gasteiger partial charge in [-0.15, -0.1) is 0 Å². The number of rotatable bonds is 2. The van der Waals surface area contributed by atoms with Crippen LogP contribution in [0, 0.1) is 5.92 Å². The molecule has 6 nitrogen and oxygen atoms in total. The molecule has 0 aromatic rings. The van der Waals surface area contributed by atoms with Gasteiger partial charge in [0.15, 0.2) is 0 Å². The third-order valence-corrected chi connectivity index (χ3v) is 3.07. The molecule has 1 rings (SSSR count). The summed E-state index contributed by atoms with van der Waals surface area (Å²) in [5, 5.41) is 0. The van der Waals surface area contributed by atoms with Gasteiger partial charge in [0.2, 0.25) is 5.91 Å². The zero-order valence-corrected chi connectivity index (χ0v) is 12.0. The number of hydrogen-bond acceptors (Lipinski definition) is 5. The number of ether oxygens (including phenoxy) is 3. The fraction of sp³-hybridized carbons (Fsp3) is 0.923. The highest BCUT2D eigenvalue weighted by Gasteiger charge is 2.23. The number of nitrogens with two attached hydrogens (primary N) is 1. The van der Waals surface area contributed by atoms with Crippen molar-refractivity contribution in [3.63, 3.8) is 0 Å². The lowest BCUT2D eigenvalue weighted by atomic mass is 10.0. The van der Waals surface area contributed by atoms with Crippen molar-refractivity contribution in [2.75, 3.05) is 52.7 Å². The molecule has 6 heteroatoms. The molecule has 1 unspecified atom stereocenters. The second-order valence-corrected chi connectivity index (χ2v) is 4.93. The molecule has 0 aromatic heterocycles. The smallest absolute Gasteiger partial charge is 0.239 e. The Morgan fingerprint density at radius 1 is 0.947 bits per heavy atom. The molecule has 1 aliphatic rings. The molecule has 1 aliphatic heterocycles. The van der Waals surface area contributed by atoms with Gasteiger partial charge in [-0.3, -0.25) is 4.79 Å². The third kappa shape index (κ3) is 6.33. The Bertz CT molecular complexity index is 249. The summed E-state index contributed by atoms with van der Waals surface area (Å²) in [6.07, 6.45) is 0. The van der Waals surface area contributed by atoms with E-state index < -0.39 is 6.04 Å². The Morgan fingerprint density at radius 2 is 1.37 bits per heavy atom. The van der Waals surface area contributed by atoms with Crippen LogP contribution in [-0.2, 0) is 19.0 Å². The Morgan fingerprint density at radius 3 is 1.79 bits per heavy atom. The van der Waals surface area contributed by atoms with Crippen LogP contribution in [0.1, 0.15) is 13.8 Å². The molecule has 1 heterocycles. The lowest BCUT2D eigenvalue weighted by molar-refractivity contribution is -0.135. The monoisotopic (exact) mass is 274 g/mol. The minimum atomic E-state index is -0.462. The van der Waals surface area contributed by atoms with Gasteiger partial charge in [0, 0.05) is 13.1 Å². The first-order chi connectivity index (χ1) is 9.13. The first kappa shape index (κ1) is 16.4. The van der Waals surface area contributed by atoms with Crippen molar-refractivity contribution in [1.82, 2.24) is 4.90 Å². The van der Waals surface area contributed by atoms with Crippen LogP contribution in [0.15, 0.2) is 0 Å². The summed E-state index contributed by atoms with van der Waals surface area (Å²) in [6.45, 7) is 8.18. The average molecular weight is 274 g/mol. The van der Waals surface area contributed by atoms with E-state index in [1.165, 1.54) is 0 Å². The first-order valence-corrected chi connectivity index (χ1v) is 6.90. The van der Waals surface area contributed by atoms with Crippen molar-refractivity contribution in [2.45, 2.75) is 19.9 Å². The van der Waals surface area contributed by atoms with E-state index in [0.717, 1.165) is 0 Å². The fourth-order valence-corrected chi connectivity index (χ4v) is 1.72. The molecule has 112 valence electrons. The minimum Gasteiger partial charge on any atom is -0.377 e. The highest BCUT2D eigenvalue weighted by atomic mass is 16.5. The third-order valence-electron chi connectivity index (χ3n) is 3.07. The molecule has 0 saturated carbocycles. The van der Waals surface area contributed by atoms with Gasteiger partial charge in [-0.05, 0) is 5.92 Å². The van der Waals surface area contributed by atoms with Gasteiger partial charge in [0.25, 0.3) is 0 Å². The quantitative estimate of drug-likeness (QED) is 0.759. The maximum atomic E-state index is 12.2. The Hall–Kier alpha value is -0.690. The molecule has 0 bridgehead atoms.